The number of hydrogen-bond acceptors (Lipinski definition) is 4. The minimum absolute atomic E-state index is 0.0494. The Morgan fingerprint density at radius 3 is 2.68 bits per heavy atom. The number of aryl methyl sites for hydroxylation is 1. The molecule has 1 aromatic rings. The molecule has 0 aromatic heterocycles. The number of fused-ring (bicyclic) bond motifs is 1. The Morgan fingerprint density at radius 1 is 1.24 bits per heavy atom. The highest BCUT2D eigenvalue weighted by Gasteiger charge is 2.31. The van der Waals surface area contributed by atoms with Crippen molar-refractivity contribution in [1.29, 1.82) is 0 Å². The molecule has 3 rings (SSSR count). The Bertz CT molecular complexity index is 748. The number of rotatable bonds is 4. The molecule has 1 saturated carbocycles. The van der Waals surface area contributed by atoms with Gasteiger partial charge in [-0.15, -0.1) is 0 Å². The van der Waals surface area contributed by atoms with E-state index in [9.17, 15) is 13.2 Å². The fraction of sp³-hybridized carbons (Fsp3) is 0.611. The fourth-order valence-corrected chi connectivity index (χ4v) is 5.02. The summed E-state index contributed by atoms with van der Waals surface area (Å²) >= 11 is 0. The van der Waals surface area contributed by atoms with E-state index in [1.165, 1.54) is 38.2 Å². The molecule has 0 spiro atoms. The number of nitrogens with two attached hydrogens (primary N) is 1. The number of carbonyl (C=O) groups excluding carboxylic acids is 1. The third-order valence-corrected chi connectivity index (χ3v) is 6.57. The third kappa shape index (κ3) is 4.59. The molecule has 0 radical (unpaired) electrons. The van der Waals surface area contributed by atoms with Gasteiger partial charge in [0.1, 0.15) is 0 Å². The minimum atomic E-state index is -3.79. The fourth-order valence-electron chi connectivity index (χ4n) is 4.21. The van der Waals surface area contributed by atoms with Crippen LogP contribution in [0.4, 0.5) is 5.69 Å². The predicted octanol–water partition coefficient (Wildman–Crippen LogP) is 2.09. The summed E-state index contributed by atoms with van der Waals surface area (Å²) in [5.74, 6) is 1.45. The van der Waals surface area contributed by atoms with Crippen LogP contribution >= 0.6 is 0 Å². The molecule has 1 amide bonds. The Balaban J connectivity index is 1.59. The van der Waals surface area contributed by atoms with Crippen LogP contribution in [0.1, 0.15) is 37.7 Å². The van der Waals surface area contributed by atoms with Crippen molar-refractivity contribution in [2.24, 2.45) is 17.0 Å². The molecule has 6 nitrogen and oxygen atoms in total. The van der Waals surface area contributed by atoms with Gasteiger partial charge >= 0.3 is 0 Å². The molecule has 3 N–H and O–H groups in total. The van der Waals surface area contributed by atoms with Crippen molar-refractivity contribution in [1.82, 2.24) is 4.90 Å². The molecule has 0 unspecified atom stereocenters. The lowest BCUT2D eigenvalue weighted by Gasteiger charge is -2.41. The van der Waals surface area contributed by atoms with Gasteiger partial charge in [0.15, 0.2) is 0 Å². The smallest absolute Gasteiger partial charge is 0.238 e. The monoisotopic (exact) mass is 365 g/mol. The van der Waals surface area contributed by atoms with Crippen LogP contribution in [0.2, 0.25) is 0 Å². The highest BCUT2D eigenvalue weighted by molar-refractivity contribution is 7.89. The molecule has 1 aliphatic heterocycles. The molecule has 1 aromatic carbocycles. The van der Waals surface area contributed by atoms with E-state index >= 15 is 0 Å². The number of nitrogens with zero attached hydrogens (tertiary/aromatic N) is 1. The van der Waals surface area contributed by atoms with Crippen molar-refractivity contribution in [2.45, 2.75) is 43.9 Å². The van der Waals surface area contributed by atoms with E-state index in [1.807, 2.05) is 0 Å². The molecule has 1 heterocycles. The van der Waals surface area contributed by atoms with Crippen molar-refractivity contribution in [3.63, 3.8) is 0 Å². The topological polar surface area (TPSA) is 92.5 Å². The van der Waals surface area contributed by atoms with Crippen molar-refractivity contribution < 1.29 is 13.2 Å². The van der Waals surface area contributed by atoms with Crippen molar-refractivity contribution >= 4 is 21.6 Å². The summed E-state index contributed by atoms with van der Waals surface area (Å²) in [6, 6.07) is 4.79. The summed E-state index contributed by atoms with van der Waals surface area (Å²) in [6.07, 6.45) is 6.45. The summed E-state index contributed by atoms with van der Waals surface area (Å²) in [6.45, 7) is 3.99. The number of sulfonamides is 1. The number of amides is 1. The van der Waals surface area contributed by atoms with Gasteiger partial charge in [-0.1, -0.05) is 25.3 Å². The van der Waals surface area contributed by atoms with Crippen LogP contribution in [0.15, 0.2) is 23.1 Å². The summed E-state index contributed by atoms with van der Waals surface area (Å²) in [7, 11) is -3.79. The van der Waals surface area contributed by atoms with Crippen LogP contribution in [0.25, 0.3) is 0 Å². The maximum absolute atomic E-state index is 12.4. The van der Waals surface area contributed by atoms with Crippen molar-refractivity contribution in [2.75, 3.05) is 25.0 Å². The zero-order valence-electron chi connectivity index (χ0n) is 14.7. The van der Waals surface area contributed by atoms with E-state index in [-0.39, 0.29) is 10.8 Å². The van der Waals surface area contributed by atoms with Gasteiger partial charge in [0.05, 0.1) is 11.4 Å². The number of carbonyl (C=O) groups is 1. The second kappa shape index (κ2) is 7.43. The largest absolute Gasteiger partial charge is 0.325 e. The number of anilines is 1. The van der Waals surface area contributed by atoms with Crippen molar-refractivity contribution in [3.8, 4) is 0 Å². The number of piperidine rings is 1. The van der Waals surface area contributed by atoms with E-state index in [1.54, 1.807) is 19.1 Å². The Hall–Kier alpha value is -1.44. The van der Waals surface area contributed by atoms with Gasteiger partial charge in [-0.25, -0.2) is 13.6 Å². The highest BCUT2D eigenvalue weighted by atomic mass is 32.2. The number of benzene rings is 1. The van der Waals surface area contributed by atoms with Gasteiger partial charge in [0.25, 0.3) is 0 Å². The SMILES string of the molecule is Cc1ccc(NC(=O)CN2CC[C@H]3CCCC[C@@H]3C2)cc1S(N)(=O)=O. The van der Waals surface area contributed by atoms with E-state index < -0.39 is 10.0 Å². The number of hydrogen-bond donors (Lipinski definition) is 2. The van der Waals surface area contributed by atoms with Crippen LogP contribution < -0.4 is 10.5 Å². The molecular weight excluding hydrogens is 338 g/mol. The maximum Gasteiger partial charge on any atom is 0.238 e. The third-order valence-electron chi connectivity index (χ3n) is 5.52. The second-order valence-electron chi connectivity index (χ2n) is 7.40. The summed E-state index contributed by atoms with van der Waals surface area (Å²) in [5, 5.41) is 8.02. The molecule has 1 aliphatic carbocycles. The van der Waals surface area contributed by atoms with Crippen LogP contribution in [0.5, 0.6) is 0 Å². The van der Waals surface area contributed by atoms with Gasteiger partial charge < -0.3 is 5.32 Å². The zero-order chi connectivity index (χ0) is 18.0. The Labute approximate surface area is 149 Å². The normalized spacial score (nSPS) is 24.6. The average Bonchev–Trinajstić information content (AvgIpc) is 2.55. The maximum atomic E-state index is 12.4. The first-order valence-corrected chi connectivity index (χ1v) is 10.5. The van der Waals surface area contributed by atoms with E-state index in [4.69, 9.17) is 5.14 Å². The minimum Gasteiger partial charge on any atom is -0.325 e. The number of primary sulfonamides is 1. The van der Waals surface area contributed by atoms with Crippen molar-refractivity contribution in [3.05, 3.63) is 23.8 Å². The van der Waals surface area contributed by atoms with Gasteiger partial charge in [0, 0.05) is 12.2 Å². The zero-order valence-corrected chi connectivity index (χ0v) is 15.5. The van der Waals surface area contributed by atoms with E-state index in [0.717, 1.165) is 24.9 Å². The van der Waals surface area contributed by atoms with Crippen LogP contribution in [-0.2, 0) is 14.8 Å². The quantitative estimate of drug-likeness (QED) is 0.854. The van der Waals surface area contributed by atoms with Crippen LogP contribution in [0, 0.1) is 18.8 Å². The average molecular weight is 365 g/mol. The van der Waals surface area contributed by atoms with Gasteiger partial charge in [-0.2, -0.15) is 0 Å². The second-order valence-corrected chi connectivity index (χ2v) is 8.93. The lowest BCUT2D eigenvalue weighted by Crippen LogP contribution is -2.44. The van der Waals surface area contributed by atoms with Crippen LogP contribution in [-0.4, -0.2) is 38.9 Å². The lowest BCUT2D eigenvalue weighted by atomic mass is 9.75. The summed E-state index contributed by atoms with van der Waals surface area (Å²) < 4.78 is 23.2. The molecule has 25 heavy (non-hydrogen) atoms. The van der Waals surface area contributed by atoms with E-state index in [0.29, 0.717) is 17.8 Å². The molecule has 7 heteroatoms. The molecule has 2 fully saturated rings. The standard InChI is InChI=1S/C18H27N3O3S/c1-13-6-7-16(10-17(13)25(19,23)24)20-18(22)12-21-9-8-14-4-2-3-5-15(14)11-21/h6-7,10,14-15H,2-5,8-9,11-12H2,1H3,(H,20,22)(H2,19,23,24)/t14-,15-/m1/s1. The van der Waals surface area contributed by atoms with Gasteiger partial charge in [-0.05, 0) is 55.8 Å². The first-order chi connectivity index (χ1) is 11.8. The molecule has 2 atom stereocenters. The van der Waals surface area contributed by atoms with Gasteiger partial charge in [-0.3, -0.25) is 9.69 Å². The molecule has 1 saturated heterocycles. The molecule has 2 aliphatic rings. The Morgan fingerprint density at radius 2 is 1.96 bits per heavy atom. The predicted molar refractivity (Wildman–Crippen MR) is 97.7 cm³/mol. The van der Waals surface area contributed by atoms with Gasteiger partial charge in [0.2, 0.25) is 15.9 Å². The highest BCUT2D eigenvalue weighted by Crippen LogP contribution is 2.35. The first-order valence-electron chi connectivity index (χ1n) is 8.98. The van der Waals surface area contributed by atoms with E-state index in [2.05, 4.69) is 10.2 Å². The molecule has 138 valence electrons. The number of nitrogens with one attached hydrogen (secondary N) is 1. The molecular formula is C18H27N3O3S. The molecule has 0 bridgehead atoms. The Kier molecular flexibility index (Phi) is 5.46. The lowest BCUT2D eigenvalue weighted by molar-refractivity contribution is -0.118. The number of likely N-dealkylation sites (tertiary alicyclic amines) is 1. The summed E-state index contributed by atoms with van der Waals surface area (Å²) in [5.41, 5.74) is 1.03. The van der Waals surface area contributed by atoms with Crippen LogP contribution in [0.3, 0.4) is 0 Å². The first kappa shape index (κ1) is 18.4. The summed E-state index contributed by atoms with van der Waals surface area (Å²) in [4.78, 5) is 14.6.